The fraction of sp³-hybridized carbons (Fsp3) is 0.462. The lowest BCUT2D eigenvalue weighted by molar-refractivity contribution is -0.116. The van der Waals surface area contributed by atoms with Crippen LogP contribution in [0.1, 0.15) is 55.2 Å². The number of amides is 1. The van der Waals surface area contributed by atoms with E-state index < -0.39 is 0 Å². The van der Waals surface area contributed by atoms with Gasteiger partial charge >= 0.3 is 0 Å². The second-order valence-corrected chi connectivity index (χ2v) is 8.73. The molecule has 2 aromatic rings. The zero-order chi connectivity index (χ0) is 22.7. The molecule has 6 nitrogen and oxygen atoms in total. The summed E-state index contributed by atoms with van der Waals surface area (Å²) in [5.74, 6) is 1.86. The number of likely N-dealkylation sites (N-methyl/N-ethyl adjacent to an activating group) is 1. The van der Waals surface area contributed by atoms with Crippen LogP contribution in [-0.2, 0) is 4.79 Å². The molecule has 0 aromatic heterocycles. The number of methoxy groups -OCH3 is 2. The van der Waals surface area contributed by atoms with Gasteiger partial charge in [0.2, 0.25) is 5.91 Å². The van der Waals surface area contributed by atoms with Gasteiger partial charge in [0.25, 0.3) is 0 Å². The summed E-state index contributed by atoms with van der Waals surface area (Å²) < 4.78 is 11.2. The van der Waals surface area contributed by atoms with Gasteiger partial charge in [0.1, 0.15) is 0 Å². The van der Waals surface area contributed by atoms with Gasteiger partial charge in [0.15, 0.2) is 11.5 Å². The molecule has 2 atom stereocenters. The van der Waals surface area contributed by atoms with Crippen LogP contribution in [0.2, 0.25) is 0 Å². The molecule has 1 saturated heterocycles. The predicted octanol–water partition coefficient (Wildman–Crippen LogP) is 4.47. The molecule has 6 heteroatoms. The largest absolute Gasteiger partial charge is 0.493 e. The highest BCUT2D eigenvalue weighted by molar-refractivity contribution is 6.15. The van der Waals surface area contributed by atoms with E-state index in [1.165, 1.54) is 5.56 Å². The molecular formula is C26H33N3O3. The third-order valence-electron chi connectivity index (χ3n) is 6.48. The average molecular weight is 436 g/mol. The maximum Gasteiger partial charge on any atom is 0.224 e. The number of unbranched alkanes of at least 4 members (excludes halogenated alkanes) is 1. The molecule has 2 aliphatic heterocycles. The van der Waals surface area contributed by atoms with Crippen LogP contribution in [0, 0.1) is 0 Å². The van der Waals surface area contributed by atoms with Crippen molar-refractivity contribution in [2.75, 3.05) is 39.7 Å². The smallest absolute Gasteiger partial charge is 0.224 e. The SMILES string of the molecule is CCCCC(=O)Nc1ccc(C2=NC3CCN(C)CC3c3cc(OC)c(OC)cc32)cc1. The van der Waals surface area contributed by atoms with Crippen molar-refractivity contribution < 1.29 is 14.3 Å². The van der Waals surface area contributed by atoms with E-state index in [-0.39, 0.29) is 11.9 Å². The topological polar surface area (TPSA) is 63.2 Å². The minimum Gasteiger partial charge on any atom is -0.493 e. The molecule has 0 radical (unpaired) electrons. The lowest BCUT2D eigenvalue weighted by Crippen LogP contribution is -2.41. The number of benzene rings is 2. The van der Waals surface area contributed by atoms with Crippen molar-refractivity contribution in [3.05, 3.63) is 53.1 Å². The van der Waals surface area contributed by atoms with Crippen LogP contribution in [-0.4, -0.2) is 56.9 Å². The maximum atomic E-state index is 12.1. The molecule has 0 bridgehead atoms. The molecular weight excluding hydrogens is 402 g/mol. The number of fused-ring (bicyclic) bond motifs is 3. The summed E-state index contributed by atoms with van der Waals surface area (Å²) in [4.78, 5) is 19.7. The zero-order valence-corrected chi connectivity index (χ0v) is 19.5. The van der Waals surface area contributed by atoms with Crippen LogP contribution < -0.4 is 14.8 Å². The highest BCUT2D eigenvalue weighted by Gasteiger charge is 2.36. The molecule has 4 rings (SSSR count). The second kappa shape index (κ2) is 9.74. The monoisotopic (exact) mass is 435 g/mol. The summed E-state index contributed by atoms with van der Waals surface area (Å²) in [6.45, 7) is 4.11. The number of hydrogen-bond donors (Lipinski definition) is 1. The molecule has 170 valence electrons. The Morgan fingerprint density at radius 2 is 1.88 bits per heavy atom. The Hall–Kier alpha value is -2.86. The van der Waals surface area contributed by atoms with Gasteiger partial charge in [0.05, 0.1) is 26.0 Å². The number of carbonyl (C=O) groups is 1. The van der Waals surface area contributed by atoms with Crippen LogP contribution in [0.25, 0.3) is 0 Å². The van der Waals surface area contributed by atoms with E-state index in [2.05, 4.69) is 36.3 Å². The third-order valence-corrected chi connectivity index (χ3v) is 6.48. The first-order chi connectivity index (χ1) is 15.5. The second-order valence-electron chi connectivity index (χ2n) is 8.73. The molecule has 1 amide bonds. The minimum absolute atomic E-state index is 0.0611. The Morgan fingerprint density at radius 1 is 1.16 bits per heavy atom. The predicted molar refractivity (Wildman–Crippen MR) is 128 cm³/mol. The quantitative estimate of drug-likeness (QED) is 0.697. The van der Waals surface area contributed by atoms with Crippen molar-refractivity contribution in [1.82, 2.24) is 4.90 Å². The van der Waals surface area contributed by atoms with Crippen molar-refractivity contribution in [3.63, 3.8) is 0 Å². The van der Waals surface area contributed by atoms with Gasteiger partial charge in [0, 0.05) is 35.7 Å². The van der Waals surface area contributed by atoms with Crippen molar-refractivity contribution in [2.24, 2.45) is 4.99 Å². The molecule has 2 heterocycles. The van der Waals surface area contributed by atoms with Crippen LogP contribution in [0.5, 0.6) is 11.5 Å². The third kappa shape index (κ3) is 4.51. The minimum atomic E-state index is 0.0611. The summed E-state index contributed by atoms with van der Waals surface area (Å²) in [6.07, 6.45) is 3.50. The summed E-state index contributed by atoms with van der Waals surface area (Å²) in [5.41, 5.74) is 5.20. The van der Waals surface area contributed by atoms with Crippen molar-refractivity contribution in [3.8, 4) is 11.5 Å². The van der Waals surface area contributed by atoms with E-state index in [0.717, 1.165) is 60.6 Å². The van der Waals surface area contributed by atoms with Crippen LogP contribution >= 0.6 is 0 Å². The molecule has 1 N–H and O–H groups in total. The van der Waals surface area contributed by atoms with Crippen molar-refractivity contribution in [2.45, 2.75) is 44.6 Å². The molecule has 0 aliphatic carbocycles. The van der Waals surface area contributed by atoms with E-state index >= 15 is 0 Å². The maximum absolute atomic E-state index is 12.1. The first-order valence-corrected chi connectivity index (χ1v) is 11.5. The number of ether oxygens (including phenoxy) is 2. The number of hydrogen-bond acceptors (Lipinski definition) is 5. The molecule has 1 fully saturated rings. The molecule has 2 aromatic carbocycles. The van der Waals surface area contributed by atoms with Crippen molar-refractivity contribution in [1.29, 1.82) is 0 Å². The summed E-state index contributed by atoms with van der Waals surface area (Å²) in [5, 5.41) is 2.99. The van der Waals surface area contributed by atoms with Crippen LogP contribution in [0.15, 0.2) is 41.4 Å². The standard InChI is InChI=1S/C26H33N3O3/c1-5-6-7-25(30)27-18-10-8-17(9-11-18)26-20-15-24(32-4)23(31-3)14-19(20)21-16-29(2)13-12-22(21)28-26/h8-11,14-15,21-22H,5-7,12-13,16H2,1-4H3,(H,27,30). The van der Waals surface area contributed by atoms with Gasteiger partial charge in [-0.3, -0.25) is 9.79 Å². The Labute approximate surface area is 190 Å². The Balaban J connectivity index is 1.69. The molecule has 0 spiro atoms. The first-order valence-electron chi connectivity index (χ1n) is 11.5. The summed E-state index contributed by atoms with van der Waals surface area (Å²) >= 11 is 0. The van der Waals surface area contributed by atoms with Gasteiger partial charge < -0.3 is 19.7 Å². The highest BCUT2D eigenvalue weighted by Crippen LogP contribution is 2.42. The number of piperidine rings is 1. The Bertz CT molecular complexity index is 1000. The lowest BCUT2D eigenvalue weighted by atomic mass is 9.79. The number of nitrogens with zero attached hydrogens (tertiary/aromatic N) is 2. The summed E-state index contributed by atoms with van der Waals surface area (Å²) in [6, 6.07) is 12.4. The zero-order valence-electron chi connectivity index (χ0n) is 19.5. The van der Waals surface area contributed by atoms with Gasteiger partial charge in [-0.05, 0) is 56.3 Å². The fourth-order valence-electron chi connectivity index (χ4n) is 4.71. The lowest BCUT2D eigenvalue weighted by Gasteiger charge is -2.39. The molecule has 32 heavy (non-hydrogen) atoms. The number of anilines is 1. The number of likely N-dealkylation sites (tertiary alicyclic amines) is 1. The van der Waals surface area contributed by atoms with Crippen molar-refractivity contribution >= 4 is 17.3 Å². The van der Waals surface area contributed by atoms with Crippen LogP contribution in [0.4, 0.5) is 5.69 Å². The fourth-order valence-corrected chi connectivity index (χ4v) is 4.71. The van der Waals surface area contributed by atoms with E-state index in [0.29, 0.717) is 18.1 Å². The average Bonchev–Trinajstić information content (AvgIpc) is 2.82. The number of nitrogens with one attached hydrogen (secondary N) is 1. The Kier molecular flexibility index (Phi) is 6.80. The van der Waals surface area contributed by atoms with Gasteiger partial charge in [-0.25, -0.2) is 0 Å². The molecule has 2 aliphatic rings. The van der Waals surface area contributed by atoms with E-state index in [1.54, 1.807) is 14.2 Å². The number of rotatable bonds is 7. The Morgan fingerprint density at radius 3 is 2.56 bits per heavy atom. The van der Waals surface area contributed by atoms with Gasteiger partial charge in [-0.1, -0.05) is 25.5 Å². The van der Waals surface area contributed by atoms with E-state index in [9.17, 15) is 4.79 Å². The normalized spacial score (nSPS) is 20.1. The molecule has 0 saturated carbocycles. The molecule has 2 unspecified atom stereocenters. The van der Waals surface area contributed by atoms with E-state index in [4.69, 9.17) is 14.5 Å². The van der Waals surface area contributed by atoms with Crippen LogP contribution in [0.3, 0.4) is 0 Å². The van der Waals surface area contributed by atoms with E-state index in [1.807, 2.05) is 24.3 Å². The number of carbonyl (C=O) groups excluding carboxylic acids is 1. The first kappa shape index (κ1) is 22.3. The highest BCUT2D eigenvalue weighted by atomic mass is 16.5. The number of aliphatic imine (C=N–C) groups is 1. The van der Waals surface area contributed by atoms with Gasteiger partial charge in [-0.15, -0.1) is 0 Å². The van der Waals surface area contributed by atoms with Gasteiger partial charge in [-0.2, -0.15) is 0 Å². The summed E-state index contributed by atoms with van der Waals surface area (Å²) in [7, 11) is 5.51.